The number of amides is 1. The Morgan fingerprint density at radius 3 is 1.96 bits per heavy atom. The third kappa shape index (κ3) is 13.2. The first-order valence-corrected chi connectivity index (χ1v) is 16.3. The summed E-state index contributed by atoms with van der Waals surface area (Å²) in [4.78, 5) is 26.8. The number of carbonyl (C=O) groups excluding carboxylic acids is 1. The molecule has 0 aliphatic carbocycles. The van der Waals surface area contributed by atoms with Gasteiger partial charge in [-0.3, -0.25) is 9.59 Å². The molecule has 0 radical (unpaired) electrons. The number of hydrogen-bond donors (Lipinski definition) is 4. The first-order chi connectivity index (χ1) is 22.1. The van der Waals surface area contributed by atoms with Crippen LogP contribution in [0, 0.1) is 18.7 Å². The Balaban J connectivity index is 0.00000254. The Bertz CT molecular complexity index is 1330. The highest BCUT2D eigenvalue weighted by Crippen LogP contribution is 2.36. The molecule has 1 amide bonds. The summed E-state index contributed by atoms with van der Waals surface area (Å²) in [5.74, 6) is -2.33. The molecule has 0 aliphatic rings. The van der Waals surface area contributed by atoms with Crippen LogP contribution in [-0.2, 0) is 9.59 Å². The highest BCUT2D eigenvalue weighted by Gasteiger charge is 2.27. The minimum absolute atomic E-state index is 0.0667. The summed E-state index contributed by atoms with van der Waals surface area (Å²) in [6.07, 6.45) is -1.59. The van der Waals surface area contributed by atoms with E-state index >= 15 is 0 Å². The molecular formula is C38H53FN2O5. The van der Waals surface area contributed by atoms with Gasteiger partial charge in [-0.05, 0) is 86.2 Å². The van der Waals surface area contributed by atoms with Gasteiger partial charge < -0.3 is 25.5 Å². The molecule has 3 aromatic carbocycles. The molecule has 0 aromatic heterocycles. The zero-order valence-electron chi connectivity index (χ0n) is 28.5. The van der Waals surface area contributed by atoms with Crippen molar-refractivity contribution in [1.29, 1.82) is 0 Å². The Labute approximate surface area is 274 Å². The molecule has 3 aromatic rings. The minimum atomic E-state index is -1.16. The zero-order valence-corrected chi connectivity index (χ0v) is 28.5. The van der Waals surface area contributed by atoms with Gasteiger partial charge in [-0.1, -0.05) is 82.6 Å². The van der Waals surface area contributed by atoms with E-state index in [9.17, 15) is 24.2 Å². The molecule has 3 atom stereocenters. The number of nitrogens with one attached hydrogen (secondary N) is 1. The van der Waals surface area contributed by atoms with Crippen molar-refractivity contribution >= 4 is 28.8 Å². The summed E-state index contributed by atoms with van der Waals surface area (Å²) >= 11 is 0. The second kappa shape index (κ2) is 21.7. The first kappa shape index (κ1) is 40.0. The fourth-order valence-corrected chi connectivity index (χ4v) is 4.97. The SMILES string of the molecule is CC.CC.CCCN(CCC(O)CC(O)CC(=O)O)/C(=C(/c1ccccc1)C(C)C(=O)Nc1ccc(C)cc1)c1ccc(F)cc1. The number of aliphatic hydroxyl groups is 2. The molecule has 0 saturated heterocycles. The average Bonchev–Trinajstić information content (AvgIpc) is 3.05. The summed E-state index contributed by atoms with van der Waals surface area (Å²) in [7, 11) is 0. The van der Waals surface area contributed by atoms with Crippen LogP contribution in [-0.4, -0.2) is 57.4 Å². The normalized spacial score (nSPS) is 13.0. The van der Waals surface area contributed by atoms with E-state index in [1.807, 2.05) is 103 Å². The van der Waals surface area contributed by atoms with E-state index in [2.05, 4.69) is 10.2 Å². The number of aliphatic carboxylic acids is 1. The van der Waals surface area contributed by atoms with E-state index in [4.69, 9.17) is 5.11 Å². The molecule has 0 heterocycles. The molecule has 46 heavy (non-hydrogen) atoms. The van der Waals surface area contributed by atoms with Crippen molar-refractivity contribution in [2.75, 3.05) is 18.4 Å². The number of halogens is 1. The van der Waals surface area contributed by atoms with E-state index in [0.29, 0.717) is 18.8 Å². The predicted octanol–water partition coefficient (Wildman–Crippen LogP) is 8.02. The van der Waals surface area contributed by atoms with E-state index in [1.54, 1.807) is 12.1 Å². The smallest absolute Gasteiger partial charge is 0.305 e. The van der Waals surface area contributed by atoms with E-state index in [-0.39, 0.29) is 24.6 Å². The van der Waals surface area contributed by atoms with Crippen LogP contribution in [0.3, 0.4) is 0 Å². The predicted molar refractivity (Wildman–Crippen MR) is 187 cm³/mol. The lowest BCUT2D eigenvalue weighted by molar-refractivity contribution is -0.139. The Morgan fingerprint density at radius 2 is 1.41 bits per heavy atom. The average molecular weight is 637 g/mol. The number of nitrogens with zero attached hydrogens (tertiary/aromatic N) is 1. The molecule has 0 saturated carbocycles. The Kier molecular flexibility index (Phi) is 18.9. The summed E-state index contributed by atoms with van der Waals surface area (Å²) in [5.41, 5.74) is 4.81. The van der Waals surface area contributed by atoms with Gasteiger partial charge in [0.05, 0.1) is 24.5 Å². The van der Waals surface area contributed by atoms with Crippen molar-refractivity contribution in [3.05, 3.63) is 101 Å². The first-order valence-electron chi connectivity index (χ1n) is 16.3. The second-order valence-corrected chi connectivity index (χ2v) is 10.6. The van der Waals surface area contributed by atoms with Gasteiger partial charge in [-0.2, -0.15) is 0 Å². The lowest BCUT2D eigenvalue weighted by Gasteiger charge is -2.33. The van der Waals surface area contributed by atoms with Gasteiger partial charge in [0.25, 0.3) is 0 Å². The topological polar surface area (TPSA) is 110 Å². The Morgan fingerprint density at radius 1 is 0.826 bits per heavy atom. The number of hydrogen-bond acceptors (Lipinski definition) is 5. The van der Waals surface area contributed by atoms with E-state index in [0.717, 1.165) is 34.4 Å². The van der Waals surface area contributed by atoms with Crippen LogP contribution in [0.1, 0.15) is 83.9 Å². The molecule has 0 bridgehead atoms. The zero-order chi connectivity index (χ0) is 34.6. The number of anilines is 1. The van der Waals surface area contributed by atoms with Crippen molar-refractivity contribution in [2.24, 2.45) is 5.92 Å². The van der Waals surface area contributed by atoms with Crippen molar-refractivity contribution in [3.63, 3.8) is 0 Å². The molecule has 0 fully saturated rings. The number of aliphatic hydroxyl groups excluding tert-OH is 2. The Hall–Kier alpha value is -4.01. The number of carbonyl (C=O) groups is 2. The minimum Gasteiger partial charge on any atom is -0.481 e. The van der Waals surface area contributed by atoms with Crippen LogP contribution in [0.15, 0.2) is 78.9 Å². The number of aryl methyl sites for hydroxylation is 1. The summed E-state index contributed by atoms with van der Waals surface area (Å²) in [5, 5.41) is 32.7. The maximum absolute atomic E-state index is 14.1. The standard InChI is InChI=1S/C34H41FN2O5.2C2H6/c1-4-19-37(20-18-29(38)21-30(39)22-31(40)41)33(26-12-14-27(35)15-13-26)32(25-8-6-5-7-9-25)24(3)34(42)36-28-16-10-23(2)11-17-28;2*1-2/h5-17,24,29-30,38-39H,4,18-22H2,1-3H3,(H,36,42)(H,40,41);2*1-2H3/b33-32+;;. The third-order valence-electron chi connectivity index (χ3n) is 7.10. The van der Waals surface area contributed by atoms with Crippen LogP contribution in [0.4, 0.5) is 10.1 Å². The highest BCUT2D eigenvalue weighted by molar-refractivity contribution is 6.05. The van der Waals surface area contributed by atoms with E-state index in [1.165, 1.54) is 12.1 Å². The molecule has 8 heteroatoms. The molecule has 252 valence electrons. The fourth-order valence-electron chi connectivity index (χ4n) is 4.97. The van der Waals surface area contributed by atoms with Gasteiger partial charge in [-0.15, -0.1) is 0 Å². The molecule has 7 nitrogen and oxygen atoms in total. The van der Waals surface area contributed by atoms with Crippen molar-refractivity contribution < 1.29 is 29.3 Å². The summed E-state index contributed by atoms with van der Waals surface area (Å²) in [6.45, 7) is 14.8. The van der Waals surface area contributed by atoms with Crippen molar-refractivity contribution in [1.82, 2.24) is 4.90 Å². The van der Waals surface area contributed by atoms with Crippen molar-refractivity contribution in [2.45, 2.75) is 86.4 Å². The maximum Gasteiger partial charge on any atom is 0.305 e. The van der Waals surface area contributed by atoms with Gasteiger partial charge in [0.15, 0.2) is 0 Å². The second-order valence-electron chi connectivity index (χ2n) is 10.6. The van der Waals surface area contributed by atoms with Crippen molar-refractivity contribution in [3.8, 4) is 0 Å². The molecule has 0 aliphatic heterocycles. The lowest BCUT2D eigenvalue weighted by atomic mass is 9.88. The number of carboxylic acid groups (broad SMARTS) is 1. The van der Waals surface area contributed by atoms with Gasteiger partial charge >= 0.3 is 5.97 Å². The summed E-state index contributed by atoms with van der Waals surface area (Å²) in [6, 6.07) is 23.3. The molecule has 3 unspecified atom stereocenters. The van der Waals surface area contributed by atoms with Gasteiger partial charge in [0.1, 0.15) is 5.82 Å². The number of carboxylic acids is 1. The molecule has 0 spiro atoms. The number of benzene rings is 3. The van der Waals surface area contributed by atoms with Crippen LogP contribution in [0.5, 0.6) is 0 Å². The maximum atomic E-state index is 14.1. The van der Waals surface area contributed by atoms with Gasteiger partial charge in [-0.25, -0.2) is 4.39 Å². The third-order valence-corrected chi connectivity index (χ3v) is 7.10. The largest absolute Gasteiger partial charge is 0.481 e. The van der Waals surface area contributed by atoms with Gasteiger partial charge in [0.2, 0.25) is 5.91 Å². The summed E-state index contributed by atoms with van der Waals surface area (Å²) < 4.78 is 14.1. The van der Waals surface area contributed by atoms with Crippen LogP contribution in [0.2, 0.25) is 0 Å². The monoisotopic (exact) mass is 636 g/mol. The highest BCUT2D eigenvalue weighted by atomic mass is 19.1. The van der Waals surface area contributed by atoms with Crippen LogP contribution in [0.25, 0.3) is 11.3 Å². The van der Waals surface area contributed by atoms with E-state index < -0.39 is 30.5 Å². The van der Waals surface area contributed by atoms with Crippen LogP contribution >= 0.6 is 0 Å². The fraction of sp³-hybridized carbons (Fsp3) is 0.421. The van der Waals surface area contributed by atoms with Gasteiger partial charge in [0, 0.05) is 24.5 Å². The lowest BCUT2D eigenvalue weighted by Crippen LogP contribution is -2.31. The van der Waals surface area contributed by atoms with Crippen LogP contribution < -0.4 is 5.32 Å². The molecule has 3 rings (SSSR count). The number of rotatable bonds is 15. The molecular weight excluding hydrogens is 583 g/mol. The molecule has 4 N–H and O–H groups in total. The quantitative estimate of drug-likeness (QED) is 0.126.